The Hall–Kier alpha value is -2.12. The zero-order chi connectivity index (χ0) is 17.1. The number of rotatable bonds is 5. The van der Waals surface area contributed by atoms with Crippen molar-refractivity contribution in [1.29, 1.82) is 0 Å². The SMILES string of the molecule is Cc1nc(CN2CCC[C@H](NCc3ccc4c(c3)OCCO4)C2)no1. The van der Waals surface area contributed by atoms with Crippen molar-refractivity contribution in [3.8, 4) is 11.5 Å². The molecular weight excluding hydrogens is 320 g/mol. The first-order chi connectivity index (χ1) is 12.3. The second-order valence-electron chi connectivity index (χ2n) is 6.66. The van der Waals surface area contributed by atoms with E-state index in [1.165, 1.54) is 18.4 Å². The fraction of sp³-hybridized carbons (Fsp3) is 0.556. The van der Waals surface area contributed by atoms with Crippen LogP contribution in [0.3, 0.4) is 0 Å². The van der Waals surface area contributed by atoms with Crippen LogP contribution in [0.1, 0.15) is 30.1 Å². The molecule has 0 spiro atoms. The summed E-state index contributed by atoms with van der Waals surface area (Å²) in [6.45, 7) is 6.73. The lowest BCUT2D eigenvalue weighted by Crippen LogP contribution is -2.45. The summed E-state index contributed by atoms with van der Waals surface area (Å²) in [5.41, 5.74) is 1.22. The number of hydrogen-bond donors (Lipinski definition) is 1. The molecule has 2 aliphatic rings. The van der Waals surface area contributed by atoms with E-state index in [-0.39, 0.29) is 0 Å². The summed E-state index contributed by atoms with van der Waals surface area (Å²) in [6.07, 6.45) is 2.36. The fourth-order valence-corrected chi connectivity index (χ4v) is 3.43. The largest absolute Gasteiger partial charge is 0.486 e. The maximum absolute atomic E-state index is 5.66. The number of hydrogen-bond acceptors (Lipinski definition) is 7. The zero-order valence-electron chi connectivity index (χ0n) is 14.5. The van der Waals surface area contributed by atoms with Crippen molar-refractivity contribution in [2.24, 2.45) is 0 Å². The van der Waals surface area contributed by atoms with E-state index in [0.717, 1.165) is 43.5 Å². The van der Waals surface area contributed by atoms with Crippen LogP contribution in [-0.2, 0) is 13.1 Å². The van der Waals surface area contributed by atoms with Gasteiger partial charge in [-0.3, -0.25) is 4.90 Å². The van der Waals surface area contributed by atoms with Crippen LogP contribution in [0.25, 0.3) is 0 Å². The summed E-state index contributed by atoms with van der Waals surface area (Å²) in [7, 11) is 0. The number of aryl methyl sites for hydroxylation is 1. The molecule has 2 aliphatic heterocycles. The minimum absolute atomic E-state index is 0.468. The smallest absolute Gasteiger partial charge is 0.223 e. The van der Waals surface area contributed by atoms with Gasteiger partial charge in [-0.1, -0.05) is 11.2 Å². The topological polar surface area (TPSA) is 72.7 Å². The molecule has 1 fully saturated rings. The Morgan fingerprint density at radius 1 is 1.24 bits per heavy atom. The maximum atomic E-state index is 5.66. The first-order valence-electron chi connectivity index (χ1n) is 8.90. The van der Waals surface area contributed by atoms with Gasteiger partial charge in [-0.2, -0.15) is 4.98 Å². The van der Waals surface area contributed by atoms with Crippen molar-refractivity contribution in [2.45, 2.75) is 38.9 Å². The van der Waals surface area contributed by atoms with Crippen LogP contribution in [0.4, 0.5) is 0 Å². The van der Waals surface area contributed by atoms with E-state index in [0.29, 0.717) is 25.1 Å². The van der Waals surface area contributed by atoms with Crippen molar-refractivity contribution in [3.63, 3.8) is 0 Å². The van der Waals surface area contributed by atoms with E-state index < -0.39 is 0 Å². The van der Waals surface area contributed by atoms with E-state index in [1.807, 2.05) is 13.0 Å². The number of aromatic nitrogens is 2. The van der Waals surface area contributed by atoms with Gasteiger partial charge in [0.2, 0.25) is 5.89 Å². The highest BCUT2D eigenvalue weighted by Gasteiger charge is 2.21. The third-order valence-corrected chi connectivity index (χ3v) is 4.64. The van der Waals surface area contributed by atoms with Gasteiger partial charge < -0.3 is 19.3 Å². The molecule has 0 aliphatic carbocycles. The van der Waals surface area contributed by atoms with E-state index in [2.05, 4.69) is 32.5 Å². The predicted molar refractivity (Wildman–Crippen MR) is 91.6 cm³/mol. The van der Waals surface area contributed by atoms with Gasteiger partial charge in [-0.15, -0.1) is 0 Å². The average molecular weight is 344 g/mol. The number of fused-ring (bicyclic) bond motifs is 1. The second kappa shape index (κ2) is 7.41. The Kier molecular flexibility index (Phi) is 4.85. The predicted octanol–water partition coefficient (Wildman–Crippen LogP) is 1.90. The minimum atomic E-state index is 0.468. The molecule has 7 nitrogen and oxygen atoms in total. The molecule has 1 aromatic heterocycles. The Balaban J connectivity index is 1.30. The third-order valence-electron chi connectivity index (χ3n) is 4.64. The Labute approximate surface area is 147 Å². The lowest BCUT2D eigenvalue weighted by Gasteiger charge is -2.32. The fourth-order valence-electron chi connectivity index (χ4n) is 3.43. The van der Waals surface area contributed by atoms with Crippen LogP contribution in [0.2, 0.25) is 0 Å². The molecule has 1 N–H and O–H groups in total. The average Bonchev–Trinajstić information content (AvgIpc) is 3.05. The molecule has 7 heteroatoms. The summed E-state index contributed by atoms with van der Waals surface area (Å²) in [6, 6.07) is 6.64. The first kappa shape index (κ1) is 16.4. The highest BCUT2D eigenvalue weighted by atomic mass is 16.6. The number of nitrogens with one attached hydrogen (secondary N) is 1. The molecule has 0 radical (unpaired) electrons. The molecule has 4 rings (SSSR count). The van der Waals surface area contributed by atoms with Gasteiger partial charge in [0.25, 0.3) is 0 Å². The van der Waals surface area contributed by atoms with E-state index >= 15 is 0 Å². The number of benzene rings is 1. The van der Waals surface area contributed by atoms with Gasteiger partial charge >= 0.3 is 0 Å². The number of ether oxygens (including phenoxy) is 2. The van der Waals surface area contributed by atoms with Gasteiger partial charge in [0.05, 0.1) is 6.54 Å². The standard InChI is InChI=1S/C18H24N4O3/c1-13-20-18(21-25-13)12-22-6-2-3-15(11-22)19-10-14-4-5-16-17(9-14)24-8-7-23-16/h4-5,9,15,19H,2-3,6-8,10-12H2,1H3/t15-/m0/s1. The Bertz CT molecular complexity index is 718. The highest BCUT2D eigenvalue weighted by molar-refractivity contribution is 5.43. The van der Waals surface area contributed by atoms with Crippen molar-refractivity contribution < 1.29 is 14.0 Å². The molecule has 0 unspecified atom stereocenters. The molecule has 0 amide bonds. The van der Waals surface area contributed by atoms with Crippen molar-refractivity contribution in [2.75, 3.05) is 26.3 Å². The maximum Gasteiger partial charge on any atom is 0.223 e. The summed E-state index contributed by atoms with van der Waals surface area (Å²) >= 11 is 0. The van der Waals surface area contributed by atoms with Gasteiger partial charge in [0.15, 0.2) is 17.3 Å². The number of likely N-dealkylation sites (tertiary alicyclic amines) is 1. The quantitative estimate of drug-likeness (QED) is 0.888. The lowest BCUT2D eigenvalue weighted by atomic mass is 10.1. The Morgan fingerprint density at radius 2 is 2.12 bits per heavy atom. The highest BCUT2D eigenvalue weighted by Crippen LogP contribution is 2.30. The van der Waals surface area contributed by atoms with Crippen LogP contribution >= 0.6 is 0 Å². The Morgan fingerprint density at radius 3 is 2.96 bits per heavy atom. The normalized spacial score (nSPS) is 20.6. The summed E-state index contributed by atoms with van der Waals surface area (Å²) < 4.78 is 16.3. The van der Waals surface area contributed by atoms with E-state index in [4.69, 9.17) is 14.0 Å². The first-order valence-corrected chi connectivity index (χ1v) is 8.90. The minimum Gasteiger partial charge on any atom is -0.486 e. The third kappa shape index (κ3) is 4.11. The summed E-state index contributed by atoms with van der Waals surface area (Å²) in [4.78, 5) is 6.68. The van der Waals surface area contributed by atoms with E-state index in [1.54, 1.807) is 0 Å². The molecule has 2 aromatic rings. The van der Waals surface area contributed by atoms with E-state index in [9.17, 15) is 0 Å². The molecule has 134 valence electrons. The van der Waals surface area contributed by atoms with Gasteiger partial charge in [-0.05, 0) is 37.1 Å². The molecule has 0 saturated carbocycles. The van der Waals surface area contributed by atoms with Crippen LogP contribution in [0, 0.1) is 6.92 Å². The van der Waals surface area contributed by atoms with Crippen LogP contribution in [0.5, 0.6) is 11.5 Å². The van der Waals surface area contributed by atoms with Gasteiger partial charge in [0.1, 0.15) is 13.2 Å². The van der Waals surface area contributed by atoms with Crippen LogP contribution < -0.4 is 14.8 Å². The van der Waals surface area contributed by atoms with Crippen LogP contribution in [0.15, 0.2) is 22.7 Å². The molecule has 0 bridgehead atoms. The van der Waals surface area contributed by atoms with Gasteiger partial charge in [0, 0.05) is 26.1 Å². The monoisotopic (exact) mass is 344 g/mol. The molecule has 3 heterocycles. The van der Waals surface area contributed by atoms with Gasteiger partial charge in [-0.25, -0.2) is 0 Å². The van der Waals surface area contributed by atoms with Crippen LogP contribution in [-0.4, -0.2) is 47.4 Å². The summed E-state index contributed by atoms with van der Waals surface area (Å²) in [5, 5.41) is 7.66. The molecule has 25 heavy (non-hydrogen) atoms. The van der Waals surface area contributed by atoms with Crippen molar-refractivity contribution in [1.82, 2.24) is 20.4 Å². The molecule has 1 aromatic carbocycles. The molecular formula is C18H24N4O3. The molecule has 1 saturated heterocycles. The zero-order valence-corrected chi connectivity index (χ0v) is 14.5. The second-order valence-corrected chi connectivity index (χ2v) is 6.66. The number of piperidine rings is 1. The van der Waals surface area contributed by atoms with Crippen molar-refractivity contribution >= 4 is 0 Å². The molecule has 1 atom stereocenters. The van der Waals surface area contributed by atoms with Crippen molar-refractivity contribution in [3.05, 3.63) is 35.5 Å². The lowest BCUT2D eigenvalue weighted by molar-refractivity contribution is 0.170. The number of nitrogens with zero attached hydrogens (tertiary/aromatic N) is 3. The summed E-state index contributed by atoms with van der Waals surface area (Å²) in [5.74, 6) is 3.09.